The molecular weight excluding hydrogens is 288 g/mol. The van der Waals surface area contributed by atoms with E-state index in [0.717, 1.165) is 25.8 Å². The second-order valence-electron chi connectivity index (χ2n) is 5.28. The molecule has 0 aromatic carbocycles. The highest BCUT2D eigenvalue weighted by Crippen LogP contribution is 2.15. The molecule has 0 aliphatic heterocycles. The Balaban J connectivity index is 2.67. The van der Waals surface area contributed by atoms with E-state index < -0.39 is 10.0 Å². The van der Waals surface area contributed by atoms with Crippen LogP contribution >= 0.6 is 0 Å². The van der Waals surface area contributed by atoms with Gasteiger partial charge in [0.2, 0.25) is 10.0 Å². The number of sulfonamides is 1. The zero-order valence-electron chi connectivity index (χ0n) is 13.0. The highest BCUT2D eigenvalue weighted by atomic mass is 32.2. The number of aromatic nitrogens is 1. The van der Waals surface area contributed by atoms with Crippen molar-refractivity contribution in [2.75, 3.05) is 32.5 Å². The molecule has 1 unspecified atom stereocenters. The topological polar surface area (TPSA) is 88.3 Å². The van der Waals surface area contributed by atoms with Crippen LogP contribution in [-0.2, 0) is 10.0 Å². The Labute approximate surface area is 127 Å². The summed E-state index contributed by atoms with van der Waals surface area (Å²) in [6.07, 6.45) is 4.61. The van der Waals surface area contributed by atoms with Crippen molar-refractivity contribution in [3.8, 4) is 0 Å². The van der Waals surface area contributed by atoms with Crippen LogP contribution in [0.4, 0.5) is 5.82 Å². The van der Waals surface area contributed by atoms with Crippen LogP contribution in [0.5, 0.6) is 0 Å². The van der Waals surface area contributed by atoms with Gasteiger partial charge in [0.05, 0.1) is 0 Å². The molecule has 3 N–H and O–H groups in total. The minimum Gasteiger partial charge on any atom is -0.370 e. The molecule has 0 aliphatic carbocycles. The van der Waals surface area contributed by atoms with Gasteiger partial charge in [0.1, 0.15) is 10.7 Å². The average molecular weight is 314 g/mol. The van der Waals surface area contributed by atoms with Gasteiger partial charge in [-0.3, -0.25) is 0 Å². The summed E-state index contributed by atoms with van der Waals surface area (Å²) in [6, 6.07) is 3.27. The lowest BCUT2D eigenvalue weighted by Gasteiger charge is -2.16. The number of hydrogen-bond donors (Lipinski definition) is 2. The van der Waals surface area contributed by atoms with E-state index in [-0.39, 0.29) is 4.90 Å². The number of nitrogens with one attached hydrogen (secondary N) is 1. The zero-order chi connectivity index (χ0) is 15.9. The molecule has 1 aromatic rings. The average Bonchev–Trinajstić information content (AvgIpc) is 2.45. The maximum atomic E-state index is 11.9. The van der Waals surface area contributed by atoms with Crippen molar-refractivity contribution in [2.45, 2.75) is 31.1 Å². The molecule has 0 saturated heterocycles. The first-order valence-electron chi connectivity index (χ1n) is 7.24. The van der Waals surface area contributed by atoms with Crippen molar-refractivity contribution in [2.24, 2.45) is 11.7 Å². The number of nitrogens with zero attached hydrogens (tertiary/aromatic N) is 2. The zero-order valence-corrected chi connectivity index (χ0v) is 13.9. The van der Waals surface area contributed by atoms with Gasteiger partial charge in [-0.2, -0.15) is 0 Å². The number of rotatable bonds is 9. The molecule has 6 nitrogen and oxygen atoms in total. The van der Waals surface area contributed by atoms with Crippen LogP contribution in [0.25, 0.3) is 0 Å². The molecule has 0 spiro atoms. The predicted molar refractivity (Wildman–Crippen MR) is 85.7 cm³/mol. The third kappa shape index (κ3) is 5.26. The Bertz CT molecular complexity index is 508. The van der Waals surface area contributed by atoms with Crippen molar-refractivity contribution in [3.05, 3.63) is 18.3 Å². The first-order valence-corrected chi connectivity index (χ1v) is 8.68. The molecule has 1 heterocycles. The number of nitrogens with two attached hydrogens (primary N) is 1. The number of hydrogen-bond acceptors (Lipinski definition) is 5. The Morgan fingerprint density at radius 1 is 1.33 bits per heavy atom. The SMILES string of the molecule is CCCC(CCN)CNc1ccc(S(=O)(=O)N(C)C)cn1. The standard InChI is InChI=1S/C14H26N4O2S/c1-4-5-12(8-9-15)10-16-14-7-6-13(11-17-14)21(19,20)18(2)3/h6-7,11-12H,4-5,8-10,15H2,1-3H3,(H,16,17). The van der Waals surface area contributed by atoms with Gasteiger partial charge in [-0.05, 0) is 37.4 Å². The maximum absolute atomic E-state index is 11.9. The molecule has 0 saturated carbocycles. The van der Waals surface area contributed by atoms with Crippen molar-refractivity contribution < 1.29 is 8.42 Å². The molecule has 0 bridgehead atoms. The van der Waals surface area contributed by atoms with Crippen LogP contribution in [0.1, 0.15) is 26.2 Å². The molecule has 21 heavy (non-hydrogen) atoms. The highest BCUT2D eigenvalue weighted by molar-refractivity contribution is 7.89. The Morgan fingerprint density at radius 2 is 2.05 bits per heavy atom. The molecule has 0 amide bonds. The lowest BCUT2D eigenvalue weighted by Crippen LogP contribution is -2.22. The third-order valence-corrected chi connectivity index (χ3v) is 5.16. The fourth-order valence-corrected chi connectivity index (χ4v) is 2.94. The summed E-state index contributed by atoms with van der Waals surface area (Å²) in [7, 11) is -0.408. The first-order chi connectivity index (χ1) is 9.91. The molecule has 120 valence electrons. The van der Waals surface area contributed by atoms with E-state index in [0.29, 0.717) is 18.3 Å². The minimum atomic E-state index is -3.42. The fraction of sp³-hybridized carbons (Fsp3) is 0.643. The quantitative estimate of drug-likeness (QED) is 0.721. The van der Waals surface area contributed by atoms with Crippen LogP contribution < -0.4 is 11.1 Å². The Kier molecular flexibility index (Phi) is 7.07. The van der Waals surface area contributed by atoms with Gasteiger partial charge in [0.15, 0.2) is 0 Å². The molecule has 0 radical (unpaired) electrons. The molecule has 1 rings (SSSR count). The smallest absolute Gasteiger partial charge is 0.244 e. The molecular formula is C14H26N4O2S. The molecule has 7 heteroatoms. The summed E-state index contributed by atoms with van der Waals surface area (Å²) in [4.78, 5) is 4.37. The van der Waals surface area contributed by atoms with Gasteiger partial charge in [-0.1, -0.05) is 13.3 Å². The summed E-state index contributed by atoms with van der Waals surface area (Å²) in [5.41, 5.74) is 5.61. The van der Waals surface area contributed by atoms with E-state index in [1.165, 1.54) is 24.6 Å². The summed E-state index contributed by atoms with van der Waals surface area (Å²) >= 11 is 0. The van der Waals surface area contributed by atoms with Crippen LogP contribution in [0.3, 0.4) is 0 Å². The highest BCUT2D eigenvalue weighted by Gasteiger charge is 2.17. The number of pyridine rings is 1. The maximum Gasteiger partial charge on any atom is 0.244 e. The monoisotopic (exact) mass is 314 g/mol. The number of anilines is 1. The lowest BCUT2D eigenvalue weighted by molar-refractivity contribution is 0.473. The normalized spacial score (nSPS) is 13.4. The Hall–Kier alpha value is -1.18. The van der Waals surface area contributed by atoms with Crippen molar-refractivity contribution in [3.63, 3.8) is 0 Å². The van der Waals surface area contributed by atoms with Crippen LogP contribution in [-0.4, -0.2) is 44.9 Å². The van der Waals surface area contributed by atoms with Gasteiger partial charge in [0.25, 0.3) is 0 Å². The summed E-state index contributed by atoms with van der Waals surface area (Å²) in [5.74, 6) is 1.21. The fourth-order valence-electron chi connectivity index (χ4n) is 2.09. The Morgan fingerprint density at radius 3 is 2.52 bits per heavy atom. The van der Waals surface area contributed by atoms with E-state index in [2.05, 4.69) is 17.2 Å². The van der Waals surface area contributed by atoms with E-state index in [1.54, 1.807) is 12.1 Å². The van der Waals surface area contributed by atoms with Crippen molar-refractivity contribution in [1.29, 1.82) is 0 Å². The molecule has 1 atom stereocenters. The lowest BCUT2D eigenvalue weighted by atomic mass is 10.00. The van der Waals surface area contributed by atoms with Gasteiger partial charge in [-0.15, -0.1) is 0 Å². The second-order valence-corrected chi connectivity index (χ2v) is 7.43. The molecule has 1 aromatic heterocycles. The van der Waals surface area contributed by atoms with Crippen molar-refractivity contribution in [1.82, 2.24) is 9.29 Å². The largest absolute Gasteiger partial charge is 0.370 e. The minimum absolute atomic E-state index is 0.199. The first kappa shape index (κ1) is 17.9. The van der Waals surface area contributed by atoms with E-state index in [9.17, 15) is 8.42 Å². The second kappa shape index (κ2) is 8.31. The van der Waals surface area contributed by atoms with Crippen LogP contribution in [0.15, 0.2) is 23.2 Å². The van der Waals surface area contributed by atoms with Gasteiger partial charge in [0, 0.05) is 26.8 Å². The van der Waals surface area contributed by atoms with Gasteiger partial charge >= 0.3 is 0 Å². The van der Waals surface area contributed by atoms with Crippen molar-refractivity contribution >= 4 is 15.8 Å². The molecule has 0 fully saturated rings. The van der Waals surface area contributed by atoms with E-state index >= 15 is 0 Å². The summed E-state index contributed by atoms with van der Waals surface area (Å²) in [5, 5.41) is 3.25. The summed E-state index contributed by atoms with van der Waals surface area (Å²) in [6.45, 7) is 3.64. The third-order valence-electron chi connectivity index (χ3n) is 3.36. The van der Waals surface area contributed by atoms with E-state index in [4.69, 9.17) is 5.73 Å². The van der Waals surface area contributed by atoms with Crippen LogP contribution in [0.2, 0.25) is 0 Å². The van der Waals surface area contributed by atoms with Gasteiger partial charge in [-0.25, -0.2) is 17.7 Å². The molecule has 0 aliphatic rings. The van der Waals surface area contributed by atoms with E-state index in [1.807, 2.05) is 0 Å². The van der Waals surface area contributed by atoms with Gasteiger partial charge < -0.3 is 11.1 Å². The summed E-state index contributed by atoms with van der Waals surface area (Å²) < 4.78 is 25.0. The van der Waals surface area contributed by atoms with Crippen LogP contribution in [0, 0.1) is 5.92 Å². The predicted octanol–water partition coefficient (Wildman–Crippen LogP) is 1.51.